The van der Waals surface area contributed by atoms with Gasteiger partial charge in [0.25, 0.3) is 0 Å². The molecule has 436 valence electrons. The Morgan fingerprint density at radius 1 is 0.654 bits per heavy atom. The number of amides is 6. The van der Waals surface area contributed by atoms with Gasteiger partial charge in [0.2, 0.25) is 35.4 Å². The predicted octanol–water partition coefficient (Wildman–Crippen LogP) is 4.69. The Morgan fingerprint density at radius 2 is 1.14 bits per heavy atom. The summed E-state index contributed by atoms with van der Waals surface area (Å²) in [6, 6.07) is 3.32. The van der Waals surface area contributed by atoms with Crippen LogP contribution < -0.4 is 21.3 Å². The molecule has 1 aromatic rings. The van der Waals surface area contributed by atoms with Crippen LogP contribution in [0.25, 0.3) is 0 Å². The zero-order chi connectivity index (χ0) is 56.0. The van der Waals surface area contributed by atoms with Gasteiger partial charge in [0.15, 0.2) is 0 Å². The van der Waals surface area contributed by atoms with Gasteiger partial charge in [-0.15, -0.1) is 0 Å². The fraction of sp³-hybridized carbons (Fsp3) is 0.772. The first-order valence-electron chi connectivity index (χ1n) is 28.9. The number of esters is 1. The summed E-state index contributed by atoms with van der Waals surface area (Å²) in [5.74, 6) is -3.55. The lowest BCUT2D eigenvalue weighted by Gasteiger charge is -2.32. The first kappa shape index (κ1) is 62.0. The van der Waals surface area contributed by atoms with Crippen LogP contribution in [-0.2, 0) is 62.0 Å². The lowest BCUT2D eigenvalue weighted by molar-refractivity contribution is -0.161. The second-order valence-corrected chi connectivity index (χ2v) is 23.0. The van der Waals surface area contributed by atoms with Gasteiger partial charge < -0.3 is 59.9 Å². The Bertz CT molecular complexity index is 2100. The number of carbonyl (C=O) groups excluding carboxylic acids is 7. The number of aromatic nitrogens is 1. The molecule has 2 atom stereocenters. The highest BCUT2D eigenvalue weighted by molar-refractivity contribution is 5.90. The molecule has 1 saturated heterocycles. The second kappa shape index (κ2) is 31.5. The van der Waals surface area contributed by atoms with Crippen molar-refractivity contribution in [2.75, 3.05) is 59.7 Å². The Labute approximate surface area is 460 Å². The fourth-order valence-electron chi connectivity index (χ4n) is 11.6. The molecule has 0 aromatic carbocycles. The van der Waals surface area contributed by atoms with Crippen LogP contribution in [0.2, 0.25) is 0 Å². The number of aliphatic carboxylic acids is 1. The van der Waals surface area contributed by atoms with E-state index in [-0.39, 0.29) is 110 Å². The van der Waals surface area contributed by atoms with Gasteiger partial charge in [0, 0.05) is 83.0 Å². The van der Waals surface area contributed by atoms with Crippen molar-refractivity contribution < 1.29 is 67.1 Å². The van der Waals surface area contributed by atoms with E-state index >= 15 is 0 Å². The van der Waals surface area contributed by atoms with Crippen molar-refractivity contribution >= 4 is 47.4 Å². The van der Waals surface area contributed by atoms with Gasteiger partial charge >= 0.3 is 11.9 Å². The molecule has 4 aliphatic carbocycles. The average molecular weight is 1100 g/mol. The standard InChI is InChI=1S/C57H89N7O14/c1-57(2,3)78-56(73)39-13-17-42(18-14-39)62-49(66)10-7-31-74-43-19-23-45(24-20-43)76-32-28-59-50(67)36-64(37-52(69)70)55(72)38-11-15-41(16-12-38)61-48(65)9-6-30-75-44-21-25-46(26-22-44)77-33-29-60-54(71)47-34-51(68)63(4)53(47)40-8-5-27-58-35-40/h5,8,27,35,38-39,41-47,53H,6-7,9-26,28-34,36-37H2,1-4H3,(H,59,67)(H,60,71)(H,61,65)(H,62,66)(H,69,70)/t38?,39?,41?,42?,43?,44?,45?,46?,47-,53+/m0/s1. The molecule has 6 rings (SSSR count). The molecule has 5 fully saturated rings. The van der Waals surface area contributed by atoms with E-state index in [4.69, 9.17) is 23.7 Å². The number of rotatable bonds is 28. The van der Waals surface area contributed by atoms with Crippen molar-refractivity contribution in [1.82, 2.24) is 36.1 Å². The number of ether oxygens (including phenoxy) is 5. The Morgan fingerprint density at radius 3 is 1.62 bits per heavy atom. The maximum Gasteiger partial charge on any atom is 0.323 e. The lowest BCUT2D eigenvalue weighted by atomic mass is 9.85. The van der Waals surface area contributed by atoms with Crippen molar-refractivity contribution in [3.8, 4) is 0 Å². The molecule has 5 N–H and O–H groups in total. The number of nitrogens with zero attached hydrogens (tertiary/aromatic N) is 3. The summed E-state index contributed by atoms with van der Waals surface area (Å²) >= 11 is 0. The number of carboxylic acid groups (broad SMARTS) is 1. The van der Waals surface area contributed by atoms with Crippen molar-refractivity contribution in [1.29, 1.82) is 0 Å². The molecule has 1 aromatic heterocycles. The molecule has 6 amide bonds. The number of nitrogens with one attached hydrogen (secondary N) is 4. The number of pyridine rings is 1. The Kier molecular flexibility index (Phi) is 25.0. The number of carbonyl (C=O) groups is 8. The number of hydrogen-bond acceptors (Lipinski definition) is 14. The molecule has 4 saturated carbocycles. The van der Waals surface area contributed by atoms with Crippen LogP contribution in [0.15, 0.2) is 24.5 Å². The number of likely N-dealkylation sites (tertiary alicyclic amines) is 1. The summed E-state index contributed by atoms with van der Waals surface area (Å²) in [4.78, 5) is 108. The molecule has 2 heterocycles. The van der Waals surface area contributed by atoms with Crippen LogP contribution >= 0.6 is 0 Å². The molecule has 21 nitrogen and oxygen atoms in total. The van der Waals surface area contributed by atoms with Crippen LogP contribution in [0, 0.1) is 17.8 Å². The molecular weight excluding hydrogens is 1010 g/mol. The monoisotopic (exact) mass is 1100 g/mol. The van der Waals surface area contributed by atoms with Gasteiger partial charge in [-0.2, -0.15) is 0 Å². The maximum absolute atomic E-state index is 13.5. The topological polar surface area (TPSA) is 270 Å². The summed E-state index contributed by atoms with van der Waals surface area (Å²) in [6.45, 7) is 6.83. The van der Waals surface area contributed by atoms with Gasteiger partial charge in [-0.25, -0.2) is 0 Å². The van der Waals surface area contributed by atoms with E-state index in [9.17, 15) is 43.5 Å². The first-order valence-corrected chi connectivity index (χ1v) is 28.9. The van der Waals surface area contributed by atoms with Crippen molar-refractivity contribution in [3.05, 3.63) is 30.1 Å². The number of hydrogen-bond donors (Lipinski definition) is 5. The third-order valence-corrected chi connectivity index (χ3v) is 15.8. The second-order valence-electron chi connectivity index (χ2n) is 23.0. The average Bonchev–Trinajstić information content (AvgIpc) is 3.82. The quantitative estimate of drug-likeness (QED) is 0.0563. The largest absolute Gasteiger partial charge is 0.480 e. The van der Waals surface area contributed by atoms with Gasteiger partial charge in [0.05, 0.1) is 55.5 Å². The van der Waals surface area contributed by atoms with Gasteiger partial charge in [-0.3, -0.25) is 43.3 Å². The molecule has 0 unspecified atom stereocenters. The Hall–Kier alpha value is -5.25. The van der Waals surface area contributed by atoms with E-state index in [1.54, 1.807) is 30.4 Å². The van der Waals surface area contributed by atoms with E-state index in [1.807, 2.05) is 26.8 Å². The molecule has 21 heteroatoms. The van der Waals surface area contributed by atoms with Crippen LogP contribution in [0.3, 0.4) is 0 Å². The SMILES string of the molecule is CN1C(=O)C[C@H](C(=O)NCCOC2CCC(OCCCC(=O)NC3CCC(C(=O)N(CC(=O)O)CC(=O)NCCOC4CCC(OCCCC(=O)NC5CCC(C(=O)OC(C)(C)C)CC5)CC4)CC3)CC2)[C@H]1c1cccnc1. The minimum Gasteiger partial charge on any atom is -0.480 e. The smallest absolute Gasteiger partial charge is 0.323 e. The van der Waals surface area contributed by atoms with E-state index in [2.05, 4.69) is 26.3 Å². The van der Waals surface area contributed by atoms with Crippen LogP contribution in [0.5, 0.6) is 0 Å². The molecule has 78 heavy (non-hydrogen) atoms. The fourth-order valence-corrected chi connectivity index (χ4v) is 11.6. The molecule has 0 spiro atoms. The van der Waals surface area contributed by atoms with Crippen molar-refractivity contribution in [2.45, 2.75) is 204 Å². The van der Waals surface area contributed by atoms with E-state index < -0.39 is 35.9 Å². The number of carboxylic acids is 1. The summed E-state index contributed by atoms with van der Waals surface area (Å²) < 4.78 is 29.8. The van der Waals surface area contributed by atoms with Gasteiger partial charge in [0.1, 0.15) is 18.7 Å². The molecule has 1 aliphatic heterocycles. The third-order valence-electron chi connectivity index (χ3n) is 15.8. The van der Waals surface area contributed by atoms with Gasteiger partial charge in [-0.1, -0.05) is 6.07 Å². The highest BCUT2D eigenvalue weighted by Gasteiger charge is 2.43. The predicted molar refractivity (Wildman–Crippen MR) is 286 cm³/mol. The van der Waals surface area contributed by atoms with E-state index in [1.165, 1.54) is 0 Å². The summed E-state index contributed by atoms with van der Waals surface area (Å²) in [7, 11) is 1.72. The Balaban J connectivity index is 0.742. The normalized spacial score (nSPS) is 26.6. The highest BCUT2D eigenvalue weighted by Crippen LogP contribution is 2.37. The van der Waals surface area contributed by atoms with Crippen LogP contribution in [0.1, 0.15) is 167 Å². The lowest BCUT2D eigenvalue weighted by Crippen LogP contribution is -2.47. The summed E-state index contributed by atoms with van der Waals surface area (Å²) in [6.07, 6.45) is 17.4. The van der Waals surface area contributed by atoms with Crippen LogP contribution in [0.4, 0.5) is 0 Å². The highest BCUT2D eigenvalue weighted by atomic mass is 16.6. The minimum atomic E-state index is -1.21. The molecule has 0 bridgehead atoms. The van der Waals surface area contributed by atoms with Crippen molar-refractivity contribution in [2.24, 2.45) is 17.8 Å². The van der Waals surface area contributed by atoms with Gasteiger partial charge in [-0.05, 0) is 148 Å². The van der Waals surface area contributed by atoms with Crippen molar-refractivity contribution in [3.63, 3.8) is 0 Å². The first-order chi connectivity index (χ1) is 37.4. The maximum atomic E-state index is 13.5. The summed E-state index contributed by atoms with van der Waals surface area (Å²) in [5, 5.41) is 21.5. The zero-order valence-corrected chi connectivity index (χ0v) is 46.7. The molecule has 0 radical (unpaired) electrons. The minimum absolute atomic E-state index is 0.00518. The third kappa shape index (κ3) is 21.1. The summed E-state index contributed by atoms with van der Waals surface area (Å²) in [5.41, 5.74) is 0.334. The zero-order valence-electron chi connectivity index (χ0n) is 46.7. The molecular formula is C57H89N7O14. The van der Waals surface area contributed by atoms with E-state index in [0.717, 1.165) is 74.7 Å². The van der Waals surface area contributed by atoms with Crippen LogP contribution in [-0.4, -0.2) is 169 Å². The van der Waals surface area contributed by atoms with E-state index in [0.29, 0.717) is 90.6 Å². The molecule has 5 aliphatic rings.